The molecule has 43 heavy (non-hydrogen) atoms. The van der Waals surface area contributed by atoms with Gasteiger partial charge in [-0.05, 0) is 48.9 Å². The number of halogens is 1. The van der Waals surface area contributed by atoms with Gasteiger partial charge in [-0.25, -0.2) is 14.1 Å². The predicted molar refractivity (Wildman–Crippen MR) is 162 cm³/mol. The smallest absolute Gasteiger partial charge is 0.290 e. The fraction of sp³-hybridized carbons (Fsp3) is 0.161. The highest BCUT2D eigenvalue weighted by Gasteiger charge is 2.19. The van der Waals surface area contributed by atoms with Crippen molar-refractivity contribution < 1.29 is 14.3 Å². The summed E-state index contributed by atoms with van der Waals surface area (Å²) in [6.45, 7) is 5.06. The number of hydrogen-bond acceptors (Lipinski definition) is 8. The topological polar surface area (TPSA) is 135 Å². The van der Waals surface area contributed by atoms with Gasteiger partial charge in [-0.15, -0.1) is 0 Å². The van der Waals surface area contributed by atoms with Gasteiger partial charge in [0.15, 0.2) is 0 Å². The molecule has 2 aromatic carbocycles. The van der Waals surface area contributed by atoms with Crippen molar-refractivity contribution in [3.05, 3.63) is 111 Å². The van der Waals surface area contributed by atoms with E-state index in [2.05, 4.69) is 27.1 Å². The van der Waals surface area contributed by atoms with Crippen LogP contribution in [0.5, 0.6) is 0 Å². The summed E-state index contributed by atoms with van der Waals surface area (Å²) >= 11 is 0. The molecule has 0 aliphatic rings. The van der Waals surface area contributed by atoms with E-state index in [9.17, 15) is 19.5 Å². The maximum absolute atomic E-state index is 15.1. The third-order valence-corrected chi connectivity index (χ3v) is 6.89. The molecule has 2 N–H and O–H groups in total. The lowest BCUT2D eigenvalue weighted by molar-refractivity contribution is 0.0827. The molecule has 0 unspecified atom stereocenters. The zero-order chi connectivity index (χ0) is 31.0. The number of rotatable bonds is 7. The Morgan fingerprint density at radius 2 is 1.84 bits per heavy atom. The summed E-state index contributed by atoms with van der Waals surface area (Å²) in [5.41, 5.74) is 1.82. The van der Waals surface area contributed by atoms with E-state index in [-0.39, 0.29) is 28.2 Å². The Labute approximate surface area is 245 Å². The summed E-state index contributed by atoms with van der Waals surface area (Å²) in [5.74, 6) is -0.595. The second-order valence-electron chi connectivity index (χ2n) is 10.2. The molecule has 3 aromatic heterocycles. The highest BCUT2D eigenvalue weighted by molar-refractivity contribution is 5.93. The van der Waals surface area contributed by atoms with Crippen LogP contribution in [-0.4, -0.2) is 54.6 Å². The van der Waals surface area contributed by atoms with Gasteiger partial charge in [0, 0.05) is 43.9 Å². The quantitative estimate of drug-likeness (QED) is 0.297. The van der Waals surface area contributed by atoms with Gasteiger partial charge >= 0.3 is 0 Å². The summed E-state index contributed by atoms with van der Waals surface area (Å²) in [7, 11) is 4.75. The van der Waals surface area contributed by atoms with E-state index in [0.717, 1.165) is 9.36 Å². The average molecular weight is 582 g/mol. The van der Waals surface area contributed by atoms with E-state index in [1.807, 2.05) is 0 Å². The molecule has 0 spiro atoms. The minimum atomic E-state index is -0.707. The van der Waals surface area contributed by atoms with Gasteiger partial charge in [-0.3, -0.25) is 14.4 Å². The first-order valence-electron chi connectivity index (χ1n) is 13.1. The minimum absolute atomic E-state index is 0.136. The van der Waals surface area contributed by atoms with Crippen LogP contribution in [0.2, 0.25) is 0 Å². The summed E-state index contributed by atoms with van der Waals surface area (Å²) in [6.07, 6.45) is 2.79. The number of fused-ring (bicyclic) bond motifs is 1. The van der Waals surface area contributed by atoms with E-state index in [0.29, 0.717) is 39.2 Å². The Morgan fingerprint density at radius 3 is 2.49 bits per heavy atom. The van der Waals surface area contributed by atoms with Crippen molar-refractivity contribution in [2.45, 2.75) is 13.5 Å². The van der Waals surface area contributed by atoms with Crippen LogP contribution in [0.3, 0.4) is 0 Å². The molecule has 5 aromatic rings. The monoisotopic (exact) mass is 581 g/mol. The van der Waals surface area contributed by atoms with Crippen molar-refractivity contribution in [2.75, 3.05) is 19.4 Å². The van der Waals surface area contributed by atoms with Gasteiger partial charge in [0.2, 0.25) is 0 Å². The largest absolute Gasteiger partial charge is 0.392 e. The van der Waals surface area contributed by atoms with Crippen molar-refractivity contribution >= 4 is 33.8 Å². The molecule has 0 aliphatic heterocycles. The number of anilines is 2. The van der Waals surface area contributed by atoms with Crippen LogP contribution in [0.1, 0.15) is 28.4 Å². The van der Waals surface area contributed by atoms with Gasteiger partial charge in [-0.2, -0.15) is 14.9 Å². The molecule has 1 amide bonds. The Morgan fingerprint density at radius 1 is 1.07 bits per heavy atom. The number of allylic oxidation sites excluding steroid dienone is 1. The number of amides is 1. The van der Waals surface area contributed by atoms with Crippen LogP contribution in [-0.2, 0) is 13.7 Å². The highest BCUT2D eigenvalue weighted by Crippen LogP contribution is 2.29. The minimum Gasteiger partial charge on any atom is -0.392 e. The molecule has 0 bridgehead atoms. The van der Waals surface area contributed by atoms with E-state index >= 15 is 4.39 Å². The second-order valence-corrected chi connectivity index (χ2v) is 10.2. The SMILES string of the molecule is C=C(C)c1cc(F)c2c(=O)n(-c3cccc(-c4cc(Nc5ccc(C(=O)N(C)C)cn5)c(=O)n(C)n4)c3CO)ncc2c1. The molecule has 0 saturated heterocycles. The normalized spacial score (nSPS) is 11.0. The Balaban J connectivity index is 1.59. The van der Waals surface area contributed by atoms with Crippen molar-refractivity contribution in [3.63, 3.8) is 0 Å². The molecule has 0 saturated carbocycles. The number of aryl methyl sites for hydroxylation is 1. The van der Waals surface area contributed by atoms with Gasteiger partial charge in [0.05, 0.1) is 35.1 Å². The molecular weight excluding hydrogens is 553 g/mol. The molecule has 0 radical (unpaired) electrons. The number of nitrogens with one attached hydrogen (secondary N) is 1. The molecule has 5 rings (SSSR count). The molecule has 0 fully saturated rings. The van der Waals surface area contributed by atoms with E-state index in [4.69, 9.17) is 0 Å². The molecule has 0 aliphatic carbocycles. The first kappa shape index (κ1) is 29.0. The van der Waals surface area contributed by atoms with Gasteiger partial charge < -0.3 is 15.3 Å². The third kappa shape index (κ3) is 5.43. The fourth-order valence-corrected chi connectivity index (χ4v) is 4.65. The number of benzene rings is 2. The molecule has 0 atom stereocenters. The van der Waals surface area contributed by atoms with Crippen LogP contribution in [0.15, 0.2) is 77.1 Å². The Kier molecular flexibility index (Phi) is 7.70. The maximum atomic E-state index is 15.1. The van der Waals surface area contributed by atoms with Gasteiger partial charge in [0.25, 0.3) is 17.0 Å². The zero-order valence-corrected chi connectivity index (χ0v) is 23.9. The number of carbonyl (C=O) groups is 1. The first-order chi connectivity index (χ1) is 20.5. The van der Waals surface area contributed by atoms with Gasteiger partial charge in [-0.1, -0.05) is 24.3 Å². The van der Waals surface area contributed by atoms with Gasteiger partial charge in [0.1, 0.15) is 17.3 Å². The van der Waals surface area contributed by atoms with Crippen LogP contribution in [0, 0.1) is 5.82 Å². The number of aliphatic hydroxyl groups is 1. The molecule has 218 valence electrons. The number of aromatic nitrogens is 5. The number of hydrogen-bond donors (Lipinski definition) is 2. The van der Waals surface area contributed by atoms with E-state index in [1.165, 1.54) is 36.5 Å². The molecule has 11 nitrogen and oxygen atoms in total. The Hall–Kier alpha value is -5.49. The van der Waals surface area contributed by atoms with Crippen LogP contribution in [0.4, 0.5) is 15.9 Å². The maximum Gasteiger partial charge on any atom is 0.290 e. The lowest BCUT2D eigenvalue weighted by Crippen LogP contribution is -2.24. The summed E-state index contributed by atoms with van der Waals surface area (Å²) in [5, 5.41) is 22.2. The van der Waals surface area contributed by atoms with E-state index < -0.39 is 23.5 Å². The van der Waals surface area contributed by atoms with Crippen molar-refractivity contribution in [1.29, 1.82) is 0 Å². The number of pyridine rings is 1. The summed E-state index contributed by atoms with van der Waals surface area (Å²) < 4.78 is 17.2. The Bertz CT molecular complexity index is 2030. The highest BCUT2D eigenvalue weighted by atomic mass is 19.1. The van der Waals surface area contributed by atoms with Crippen LogP contribution >= 0.6 is 0 Å². The number of carbonyl (C=O) groups excluding carboxylic acids is 1. The summed E-state index contributed by atoms with van der Waals surface area (Å²) in [6, 6.07) is 12.5. The van der Waals surface area contributed by atoms with Crippen molar-refractivity contribution in [2.24, 2.45) is 7.05 Å². The summed E-state index contributed by atoms with van der Waals surface area (Å²) in [4.78, 5) is 44.3. The first-order valence-corrected chi connectivity index (χ1v) is 13.1. The molecule has 3 heterocycles. The zero-order valence-electron chi connectivity index (χ0n) is 23.9. The van der Waals surface area contributed by atoms with Crippen molar-refractivity contribution in [1.82, 2.24) is 29.4 Å². The number of aliphatic hydroxyl groups excluding tert-OH is 1. The van der Waals surface area contributed by atoms with Crippen LogP contribution in [0.25, 0.3) is 33.3 Å². The fourth-order valence-electron chi connectivity index (χ4n) is 4.65. The molecular formula is C31H28FN7O4. The number of nitrogens with zero attached hydrogens (tertiary/aromatic N) is 6. The van der Waals surface area contributed by atoms with E-state index in [1.54, 1.807) is 57.4 Å². The van der Waals surface area contributed by atoms with Crippen LogP contribution < -0.4 is 16.4 Å². The standard InChI is InChI=1S/C31H28FN7O4/c1-17(2)19-11-20-15-34-39(31(43)28(20)23(32)12-19)26-8-6-7-21(22(26)16-40)24-13-25(30(42)38(5)36-24)35-27-10-9-18(14-33-27)29(41)37(3)4/h6-15,40H,1,16H2,2-5H3,(H,33,35). The molecule has 12 heteroatoms. The average Bonchev–Trinajstić information content (AvgIpc) is 2.98. The van der Waals surface area contributed by atoms with Crippen molar-refractivity contribution in [3.8, 4) is 16.9 Å². The predicted octanol–water partition coefficient (Wildman–Crippen LogP) is 3.65. The second kappa shape index (κ2) is 11.4. The lowest BCUT2D eigenvalue weighted by atomic mass is 10.0. The third-order valence-electron chi connectivity index (χ3n) is 6.89. The lowest BCUT2D eigenvalue weighted by Gasteiger charge is -2.16.